The predicted molar refractivity (Wildman–Crippen MR) is 104 cm³/mol. The van der Waals surface area contributed by atoms with E-state index in [-0.39, 0.29) is 22.6 Å². The summed E-state index contributed by atoms with van der Waals surface area (Å²) in [5, 5.41) is 9.39. The zero-order chi connectivity index (χ0) is 18.9. The average molecular weight is 380 g/mol. The van der Waals surface area contributed by atoms with Gasteiger partial charge in [-0.25, -0.2) is 10.1 Å². The van der Waals surface area contributed by atoms with E-state index in [1.54, 1.807) is 16.2 Å². The number of nitrogens with one attached hydrogen (secondary N) is 1. The first kappa shape index (κ1) is 17.6. The summed E-state index contributed by atoms with van der Waals surface area (Å²) in [5.41, 5.74) is 2.11. The number of piperidine rings is 1. The number of hydrogen-bond donors (Lipinski definition) is 1. The van der Waals surface area contributed by atoms with Crippen LogP contribution in [0.5, 0.6) is 0 Å². The maximum Gasteiger partial charge on any atom is 0.274 e. The van der Waals surface area contributed by atoms with E-state index < -0.39 is 0 Å². The molecule has 2 aromatic heterocycles. The Morgan fingerprint density at radius 3 is 2.48 bits per heavy atom. The Morgan fingerprint density at radius 1 is 1.15 bits per heavy atom. The molecule has 1 aliphatic heterocycles. The maximum atomic E-state index is 12.7. The minimum Gasteiger partial charge on any atom is -0.337 e. The Morgan fingerprint density at radius 2 is 1.89 bits per heavy atom. The molecule has 1 fully saturated rings. The molecular formula is C20H20N4O2S. The third-order valence-electron chi connectivity index (χ3n) is 5.24. The molecule has 0 unspecified atom stereocenters. The predicted octanol–water partition coefficient (Wildman–Crippen LogP) is 2.76. The van der Waals surface area contributed by atoms with Crippen molar-refractivity contribution in [2.75, 3.05) is 13.1 Å². The summed E-state index contributed by atoms with van der Waals surface area (Å²) in [4.78, 5) is 30.5. The highest BCUT2D eigenvalue weighted by molar-refractivity contribution is 7.09. The first-order valence-electron chi connectivity index (χ1n) is 8.92. The molecule has 1 N–H and O–H groups in total. The molecule has 0 atom stereocenters. The zero-order valence-electron chi connectivity index (χ0n) is 15.0. The van der Waals surface area contributed by atoms with Crippen molar-refractivity contribution in [3.63, 3.8) is 0 Å². The van der Waals surface area contributed by atoms with E-state index in [1.807, 2.05) is 13.0 Å². The van der Waals surface area contributed by atoms with Crippen molar-refractivity contribution in [3.05, 3.63) is 80.2 Å². The van der Waals surface area contributed by atoms with Gasteiger partial charge in [-0.3, -0.25) is 9.59 Å². The highest BCUT2D eigenvalue weighted by Gasteiger charge is 2.40. The van der Waals surface area contributed by atoms with Crippen LogP contribution in [0, 0.1) is 6.92 Å². The van der Waals surface area contributed by atoms with Crippen molar-refractivity contribution >= 4 is 17.2 Å². The number of amides is 1. The van der Waals surface area contributed by atoms with Gasteiger partial charge in [0, 0.05) is 30.0 Å². The number of aromatic nitrogens is 3. The normalized spacial score (nSPS) is 16.3. The van der Waals surface area contributed by atoms with Crippen molar-refractivity contribution in [1.82, 2.24) is 20.1 Å². The SMILES string of the molecule is Cc1nc(C2(c3ccccc3)CCN(C(=O)c3ccc(=O)[nH]n3)CC2)cs1. The summed E-state index contributed by atoms with van der Waals surface area (Å²) in [7, 11) is 0. The van der Waals surface area contributed by atoms with E-state index in [4.69, 9.17) is 4.98 Å². The summed E-state index contributed by atoms with van der Waals surface area (Å²) in [6.07, 6.45) is 1.60. The van der Waals surface area contributed by atoms with Crippen molar-refractivity contribution in [2.45, 2.75) is 25.2 Å². The van der Waals surface area contributed by atoms with Gasteiger partial charge in [0.1, 0.15) is 5.69 Å². The van der Waals surface area contributed by atoms with Crippen LogP contribution in [0.4, 0.5) is 0 Å². The van der Waals surface area contributed by atoms with Crippen LogP contribution in [0.3, 0.4) is 0 Å². The van der Waals surface area contributed by atoms with Gasteiger partial charge in [0.05, 0.1) is 10.7 Å². The number of hydrogen-bond acceptors (Lipinski definition) is 5. The number of carbonyl (C=O) groups excluding carboxylic acids is 1. The van der Waals surface area contributed by atoms with Crippen molar-refractivity contribution in [2.24, 2.45) is 0 Å². The summed E-state index contributed by atoms with van der Waals surface area (Å²) in [5.74, 6) is -0.151. The highest BCUT2D eigenvalue weighted by atomic mass is 32.1. The third-order valence-corrected chi connectivity index (χ3v) is 6.01. The van der Waals surface area contributed by atoms with Gasteiger partial charge in [0.2, 0.25) is 0 Å². The van der Waals surface area contributed by atoms with Gasteiger partial charge in [0.25, 0.3) is 11.5 Å². The molecule has 4 rings (SSSR count). The maximum absolute atomic E-state index is 12.7. The third kappa shape index (κ3) is 3.30. The first-order chi connectivity index (χ1) is 13.1. The lowest BCUT2D eigenvalue weighted by Gasteiger charge is -2.41. The van der Waals surface area contributed by atoms with E-state index in [0.29, 0.717) is 13.1 Å². The zero-order valence-corrected chi connectivity index (χ0v) is 15.8. The van der Waals surface area contributed by atoms with E-state index in [1.165, 1.54) is 17.7 Å². The van der Waals surface area contributed by atoms with Crippen LogP contribution >= 0.6 is 11.3 Å². The molecule has 7 heteroatoms. The molecule has 1 saturated heterocycles. The molecule has 138 valence electrons. The fraction of sp³-hybridized carbons (Fsp3) is 0.300. The highest BCUT2D eigenvalue weighted by Crippen LogP contribution is 2.42. The number of H-pyrrole nitrogens is 1. The molecule has 1 amide bonds. The monoisotopic (exact) mass is 380 g/mol. The molecule has 1 aromatic carbocycles. The fourth-order valence-electron chi connectivity index (χ4n) is 3.75. The van der Waals surface area contributed by atoms with E-state index >= 15 is 0 Å². The van der Waals surface area contributed by atoms with Gasteiger partial charge in [-0.05, 0) is 31.4 Å². The van der Waals surface area contributed by atoms with Gasteiger partial charge in [0.15, 0.2) is 0 Å². The van der Waals surface area contributed by atoms with E-state index in [9.17, 15) is 9.59 Å². The molecule has 0 radical (unpaired) electrons. The van der Waals surface area contributed by atoms with Crippen molar-refractivity contribution in [1.29, 1.82) is 0 Å². The summed E-state index contributed by atoms with van der Waals surface area (Å²) in [6.45, 7) is 3.25. The second kappa shape index (κ2) is 7.08. The molecule has 0 bridgehead atoms. The first-order valence-corrected chi connectivity index (χ1v) is 9.80. The van der Waals surface area contributed by atoms with Gasteiger partial charge >= 0.3 is 0 Å². The van der Waals surface area contributed by atoms with Crippen LogP contribution in [0.15, 0.2) is 52.6 Å². The van der Waals surface area contributed by atoms with Crippen LogP contribution in [0.25, 0.3) is 0 Å². The molecule has 3 heterocycles. The Hall–Kier alpha value is -2.80. The van der Waals surface area contributed by atoms with Crippen molar-refractivity contribution < 1.29 is 4.79 Å². The molecule has 27 heavy (non-hydrogen) atoms. The Kier molecular flexibility index (Phi) is 4.61. The number of thiazole rings is 1. The van der Waals surface area contributed by atoms with E-state index in [0.717, 1.165) is 23.5 Å². The molecular weight excluding hydrogens is 360 g/mol. The average Bonchev–Trinajstić information content (AvgIpc) is 3.16. The smallest absolute Gasteiger partial charge is 0.274 e. The summed E-state index contributed by atoms with van der Waals surface area (Å²) in [6, 6.07) is 13.2. The number of aryl methyl sites for hydroxylation is 1. The minimum absolute atomic E-state index is 0.151. The molecule has 3 aromatic rings. The number of likely N-dealkylation sites (tertiary alicyclic amines) is 1. The number of aromatic amines is 1. The molecule has 0 aliphatic carbocycles. The van der Waals surface area contributed by atoms with Gasteiger partial charge in [-0.15, -0.1) is 11.3 Å². The summed E-state index contributed by atoms with van der Waals surface area (Å²) < 4.78 is 0. The van der Waals surface area contributed by atoms with Gasteiger partial charge in [-0.1, -0.05) is 30.3 Å². The number of nitrogens with zero attached hydrogens (tertiary/aromatic N) is 3. The molecule has 6 nitrogen and oxygen atoms in total. The van der Waals surface area contributed by atoms with Crippen LogP contribution < -0.4 is 5.56 Å². The van der Waals surface area contributed by atoms with Crippen LogP contribution in [-0.4, -0.2) is 39.1 Å². The van der Waals surface area contributed by atoms with Crippen LogP contribution in [0.1, 0.15) is 39.6 Å². The molecule has 1 aliphatic rings. The minimum atomic E-state index is -0.313. The van der Waals surface area contributed by atoms with Gasteiger partial charge < -0.3 is 4.90 Å². The molecule has 0 spiro atoms. The Balaban J connectivity index is 1.61. The number of rotatable bonds is 3. The van der Waals surface area contributed by atoms with Gasteiger partial charge in [-0.2, -0.15) is 5.10 Å². The Labute approximate surface area is 160 Å². The fourth-order valence-corrected chi connectivity index (χ4v) is 4.46. The lowest BCUT2D eigenvalue weighted by atomic mass is 9.70. The lowest BCUT2D eigenvalue weighted by molar-refractivity contribution is 0.0677. The van der Waals surface area contributed by atoms with Crippen LogP contribution in [-0.2, 0) is 5.41 Å². The topological polar surface area (TPSA) is 79.0 Å². The van der Waals surface area contributed by atoms with Crippen molar-refractivity contribution in [3.8, 4) is 0 Å². The quantitative estimate of drug-likeness (QED) is 0.758. The second-order valence-electron chi connectivity index (χ2n) is 6.80. The standard InChI is InChI=1S/C20H20N4O2S/c1-14-21-17(13-27-14)20(15-5-3-2-4-6-15)9-11-24(12-10-20)19(26)16-7-8-18(25)23-22-16/h2-8,13H,9-12H2,1H3,(H,23,25). The Bertz CT molecular complexity index is 984. The summed E-state index contributed by atoms with van der Waals surface area (Å²) >= 11 is 1.66. The van der Waals surface area contributed by atoms with E-state index in [2.05, 4.69) is 39.8 Å². The largest absolute Gasteiger partial charge is 0.337 e. The number of carbonyl (C=O) groups is 1. The number of benzene rings is 1. The second-order valence-corrected chi connectivity index (χ2v) is 7.86. The lowest BCUT2D eigenvalue weighted by Crippen LogP contribution is -2.46. The molecule has 0 saturated carbocycles. The van der Waals surface area contributed by atoms with Crippen LogP contribution in [0.2, 0.25) is 0 Å².